The third kappa shape index (κ3) is 3.93. The van der Waals surface area contributed by atoms with Gasteiger partial charge in [0.15, 0.2) is 0 Å². The van der Waals surface area contributed by atoms with Crippen LogP contribution in [0.5, 0.6) is 0 Å². The number of rotatable bonds is 2. The van der Waals surface area contributed by atoms with Crippen LogP contribution in [-0.2, 0) is 4.74 Å². The number of aromatic nitrogens is 1. The highest BCUT2D eigenvalue weighted by molar-refractivity contribution is 7.09. The van der Waals surface area contributed by atoms with E-state index in [2.05, 4.69) is 4.98 Å². The summed E-state index contributed by atoms with van der Waals surface area (Å²) >= 11 is 1.44. The Labute approximate surface area is 128 Å². The standard InChI is InChI=1S/C14H23N3O3S/c1-13(2,3)20-12(18)17-7-4-14(19,5-8-17)10(15)11-16-6-9-21-11/h6,9-10,19H,4-5,7-8,15H2,1-3H3. The molecule has 0 saturated carbocycles. The fourth-order valence-electron chi connectivity index (χ4n) is 2.33. The maximum absolute atomic E-state index is 12.0. The molecule has 2 rings (SSSR count). The Morgan fingerprint density at radius 2 is 2.14 bits per heavy atom. The molecule has 118 valence electrons. The van der Waals surface area contributed by atoms with Gasteiger partial charge in [0.2, 0.25) is 0 Å². The number of nitrogens with two attached hydrogens (primary N) is 1. The second-order valence-corrected chi connectivity index (χ2v) is 7.35. The number of piperidine rings is 1. The number of hydrogen-bond acceptors (Lipinski definition) is 6. The zero-order chi connectivity index (χ0) is 15.7. The summed E-state index contributed by atoms with van der Waals surface area (Å²) in [5.74, 6) is 0. The zero-order valence-corrected chi connectivity index (χ0v) is 13.5. The topological polar surface area (TPSA) is 88.7 Å². The number of nitrogens with zero attached hydrogens (tertiary/aromatic N) is 2. The van der Waals surface area contributed by atoms with Crippen LogP contribution >= 0.6 is 11.3 Å². The van der Waals surface area contributed by atoms with Crippen molar-refractivity contribution in [1.29, 1.82) is 0 Å². The summed E-state index contributed by atoms with van der Waals surface area (Å²) < 4.78 is 5.34. The van der Waals surface area contributed by atoms with E-state index in [-0.39, 0.29) is 6.09 Å². The predicted octanol–water partition coefficient (Wildman–Crippen LogP) is 1.90. The molecule has 0 bridgehead atoms. The van der Waals surface area contributed by atoms with Gasteiger partial charge in [-0.2, -0.15) is 0 Å². The van der Waals surface area contributed by atoms with Crippen LogP contribution in [0.4, 0.5) is 4.79 Å². The van der Waals surface area contributed by atoms with Crippen LogP contribution in [0.25, 0.3) is 0 Å². The van der Waals surface area contributed by atoms with E-state index in [4.69, 9.17) is 10.5 Å². The smallest absolute Gasteiger partial charge is 0.410 e. The van der Waals surface area contributed by atoms with Gasteiger partial charge in [0, 0.05) is 24.7 Å². The minimum absolute atomic E-state index is 0.340. The first-order valence-corrected chi connectivity index (χ1v) is 7.94. The number of amides is 1. The third-order valence-corrected chi connectivity index (χ3v) is 4.44. The summed E-state index contributed by atoms with van der Waals surface area (Å²) in [6.07, 6.45) is 2.19. The molecule has 7 heteroatoms. The Kier molecular flexibility index (Phi) is 4.55. The fraction of sp³-hybridized carbons (Fsp3) is 0.714. The lowest BCUT2D eigenvalue weighted by Crippen LogP contribution is -2.52. The van der Waals surface area contributed by atoms with Crippen molar-refractivity contribution in [2.75, 3.05) is 13.1 Å². The van der Waals surface area contributed by atoms with Crippen LogP contribution in [0.15, 0.2) is 11.6 Å². The summed E-state index contributed by atoms with van der Waals surface area (Å²) in [4.78, 5) is 17.8. The van der Waals surface area contributed by atoms with Crippen molar-refractivity contribution in [3.8, 4) is 0 Å². The Morgan fingerprint density at radius 3 is 2.62 bits per heavy atom. The Balaban J connectivity index is 1.95. The summed E-state index contributed by atoms with van der Waals surface area (Å²) in [6, 6.07) is -0.515. The van der Waals surface area contributed by atoms with E-state index in [0.717, 1.165) is 5.01 Å². The SMILES string of the molecule is CC(C)(C)OC(=O)N1CCC(O)(C(N)c2nccs2)CC1. The van der Waals surface area contributed by atoms with Crippen LogP contribution < -0.4 is 5.73 Å². The summed E-state index contributed by atoms with van der Waals surface area (Å²) in [5, 5.41) is 13.3. The van der Waals surface area contributed by atoms with Crippen molar-refractivity contribution in [1.82, 2.24) is 9.88 Å². The number of ether oxygens (including phenoxy) is 1. The molecule has 2 heterocycles. The monoisotopic (exact) mass is 313 g/mol. The molecule has 1 aromatic heterocycles. The van der Waals surface area contributed by atoms with Crippen molar-refractivity contribution >= 4 is 17.4 Å². The zero-order valence-electron chi connectivity index (χ0n) is 12.7. The molecule has 1 unspecified atom stereocenters. The summed E-state index contributed by atoms with van der Waals surface area (Å²) in [5.41, 5.74) is 4.61. The average Bonchev–Trinajstić information content (AvgIpc) is 2.90. The number of carbonyl (C=O) groups excluding carboxylic acids is 1. The van der Waals surface area contributed by atoms with Gasteiger partial charge >= 0.3 is 6.09 Å². The molecular weight excluding hydrogens is 290 g/mol. The molecule has 1 aliphatic heterocycles. The molecule has 0 radical (unpaired) electrons. The van der Waals surface area contributed by atoms with Crippen molar-refractivity contribution in [3.05, 3.63) is 16.6 Å². The molecule has 0 aromatic carbocycles. The van der Waals surface area contributed by atoms with Gasteiger partial charge in [-0.25, -0.2) is 9.78 Å². The molecule has 1 aliphatic rings. The second kappa shape index (κ2) is 5.90. The number of likely N-dealkylation sites (tertiary alicyclic amines) is 1. The summed E-state index contributed by atoms with van der Waals surface area (Å²) in [6.45, 7) is 6.38. The normalized spacial score (nSPS) is 20.1. The third-order valence-electron chi connectivity index (χ3n) is 3.58. The molecule has 1 aromatic rings. The molecule has 6 nitrogen and oxygen atoms in total. The van der Waals surface area contributed by atoms with Crippen LogP contribution in [-0.4, -0.2) is 45.4 Å². The molecule has 1 saturated heterocycles. The van der Waals surface area contributed by atoms with Gasteiger partial charge in [0.25, 0.3) is 0 Å². The van der Waals surface area contributed by atoms with Gasteiger partial charge < -0.3 is 20.5 Å². The Hall–Kier alpha value is -1.18. The van der Waals surface area contributed by atoms with Gasteiger partial charge in [-0.15, -0.1) is 11.3 Å². The lowest BCUT2D eigenvalue weighted by atomic mass is 9.85. The number of thiazole rings is 1. The maximum atomic E-state index is 12.0. The molecule has 1 amide bonds. The largest absolute Gasteiger partial charge is 0.444 e. The highest BCUT2D eigenvalue weighted by Gasteiger charge is 2.41. The second-order valence-electron chi connectivity index (χ2n) is 6.42. The van der Waals surface area contributed by atoms with E-state index in [0.29, 0.717) is 25.9 Å². The van der Waals surface area contributed by atoms with E-state index in [1.54, 1.807) is 11.1 Å². The van der Waals surface area contributed by atoms with E-state index in [9.17, 15) is 9.90 Å². The minimum Gasteiger partial charge on any atom is -0.444 e. The highest BCUT2D eigenvalue weighted by atomic mass is 32.1. The van der Waals surface area contributed by atoms with Gasteiger partial charge in [-0.05, 0) is 33.6 Å². The molecule has 1 fully saturated rings. The Morgan fingerprint density at radius 1 is 1.52 bits per heavy atom. The van der Waals surface area contributed by atoms with Gasteiger partial charge in [0.05, 0.1) is 11.6 Å². The lowest BCUT2D eigenvalue weighted by molar-refractivity contribution is -0.0476. The van der Waals surface area contributed by atoms with Crippen LogP contribution in [0.2, 0.25) is 0 Å². The van der Waals surface area contributed by atoms with Gasteiger partial charge in [-0.3, -0.25) is 0 Å². The quantitative estimate of drug-likeness (QED) is 0.870. The fourth-order valence-corrected chi connectivity index (χ4v) is 3.08. The number of hydrogen-bond donors (Lipinski definition) is 2. The van der Waals surface area contributed by atoms with Crippen molar-refractivity contribution < 1.29 is 14.6 Å². The van der Waals surface area contributed by atoms with Crippen molar-refractivity contribution in [3.63, 3.8) is 0 Å². The lowest BCUT2D eigenvalue weighted by Gasteiger charge is -2.41. The number of aliphatic hydroxyl groups is 1. The molecule has 1 atom stereocenters. The van der Waals surface area contributed by atoms with Gasteiger partial charge in [0.1, 0.15) is 10.6 Å². The predicted molar refractivity (Wildman–Crippen MR) is 81.0 cm³/mol. The highest BCUT2D eigenvalue weighted by Crippen LogP contribution is 2.34. The minimum atomic E-state index is -1.02. The van der Waals surface area contributed by atoms with Crippen LogP contribution in [0, 0.1) is 0 Å². The van der Waals surface area contributed by atoms with Crippen molar-refractivity contribution in [2.45, 2.75) is 50.9 Å². The molecule has 3 N–H and O–H groups in total. The van der Waals surface area contributed by atoms with Gasteiger partial charge in [-0.1, -0.05) is 0 Å². The van der Waals surface area contributed by atoms with E-state index >= 15 is 0 Å². The Bertz CT molecular complexity index is 476. The van der Waals surface area contributed by atoms with Crippen molar-refractivity contribution in [2.24, 2.45) is 5.73 Å². The first kappa shape index (κ1) is 16.2. The molecule has 0 aliphatic carbocycles. The number of carbonyl (C=O) groups is 1. The first-order chi connectivity index (χ1) is 9.71. The van der Waals surface area contributed by atoms with E-state index in [1.807, 2.05) is 26.2 Å². The summed E-state index contributed by atoms with van der Waals surface area (Å²) in [7, 11) is 0. The molecular formula is C14H23N3O3S. The maximum Gasteiger partial charge on any atom is 0.410 e. The van der Waals surface area contributed by atoms with E-state index < -0.39 is 17.2 Å². The molecule has 0 spiro atoms. The van der Waals surface area contributed by atoms with Crippen LogP contribution in [0.1, 0.15) is 44.7 Å². The first-order valence-electron chi connectivity index (χ1n) is 7.06. The average molecular weight is 313 g/mol. The van der Waals surface area contributed by atoms with Crippen LogP contribution in [0.3, 0.4) is 0 Å². The van der Waals surface area contributed by atoms with E-state index in [1.165, 1.54) is 11.3 Å². The molecule has 21 heavy (non-hydrogen) atoms.